The predicted octanol–water partition coefficient (Wildman–Crippen LogP) is 5.42. The van der Waals surface area contributed by atoms with Gasteiger partial charge in [-0.2, -0.15) is 0 Å². The fraction of sp³-hybridized carbons (Fsp3) is 0.0526. The summed E-state index contributed by atoms with van der Waals surface area (Å²) < 4.78 is 5.27. The minimum absolute atomic E-state index is 0.147. The van der Waals surface area contributed by atoms with Crippen LogP contribution >= 0.6 is 11.8 Å². The Hall–Kier alpha value is -1.84. The van der Waals surface area contributed by atoms with E-state index in [9.17, 15) is 0 Å². The predicted molar refractivity (Wildman–Crippen MR) is 96.6 cm³/mol. The van der Waals surface area contributed by atoms with E-state index < -0.39 is 0 Å². The Kier molecular flexibility index (Phi) is 4.46. The van der Waals surface area contributed by atoms with Crippen molar-refractivity contribution >= 4 is 22.7 Å². The van der Waals surface area contributed by atoms with Crippen LogP contribution in [0.1, 0.15) is 0 Å². The van der Waals surface area contributed by atoms with Crippen LogP contribution in [0.25, 0.3) is 0 Å². The second kappa shape index (κ2) is 6.51. The molecule has 3 rings (SSSR count). The van der Waals surface area contributed by atoms with E-state index in [1.807, 2.05) is 18.2 Å². The molecule has 1 aliphatic rings. The lowest BCUT2D eigenvalue weighted by atomic mass is 10.3. The summed E-state index contributed by atoms with van der Waals surface area (Å²) in [5, 5.41) is 0. The van der Waals surface area contributed by atoms with Crippen LogP contribution in [0.5, 0.6) is 5.75 Å². The summed E-state index contributed by atoms with van der Waals surface area (Å²) in [5.74, 6) is 0.875. The minimum atomic E-state index is -0.147. The highest BCUT2D eigenvalue weighted by Crippen LogP contribution is 2.48. The number of methoxy groups -OCH3 is 1. The molecule has 0 aromatic heterocycles. The molecule has 0 bridgehead atoms. The van der Waals surface area contributed by atoms with Gasteiger partial charge in [0, 0.05) is 0 Å². The molecule has 1 aliphatic heterocycles. The van der Waals surface area contributed by atoms with Crippen LogP contribution in [0, 0.1) is 0 Å². The monoisotopic (exact) mass is 325 g/mol. The number of hydrogen-bond acceptors (Lipinski definition) is 2. The van der Waals surface area contributed by atoms with Crippen molar-refractivity contribution in [1.82, 2.24) is 0 Å². The van der Waals surface area contributed by atoms with E-state index in [0.29, 0.717) is 0 Å². The van der Waals surface area contributed by atoms with Gasteiger partial charge in [0.25, 0.3) is 0 Å². The van der Waals surface area contributed by atoms with Gasteiger partial charge in [0.1, 0.15) is 16.6 Å². The van der Waals surface area contributed by atoms with Crippen LogP contribution in [-0.2, 0) is 10.9 Å². The Morgan fingerprint density at radius 2 is 1.82 bits per heavy atom. The van der Waals surface area contributed by atoms with Gasteiger partial charge in [-0.1, -0.05) is 43.1 Å². The van der Waals surface area contributed by atoms with Crippen LogP contribution in [0.3, 0.4) is 0 Å². The van der Waals surface area contributed by atoms with Gasteiger partial charge in [-0.05, 0) is 42.5 Å². The van der Waals surface area contributed by atoms with Crippen LogP contribution < -0.4 is 4.74 Å². The molecule has 0 saturated carbocycles. The van der Waals surface area contributed by atoms with E-state index in [1.54, 1.807) is 18.9 Å². The molecule has 110 valence electrons. The molecule has 0 fully saturated rings. The fourth-order valence-electron chi connectivity index (χ4n) is 2.35. The summed E-state index contributed by atoms with van der Waals surface area (Å²) in [6.45, 7) is 8.11. The second-order valence-electron chi connectivity index (χ2n) is 4.72. The van der Waals surface area contributed by atoms with Crippen LogP contribution in [0.2, 0.25) is 0 Å². The van der Waals surface area contributed by atoms with Crippen molar-refractivity contribution in [3.63, 3.8) is 0 Å². The third-order valence-electron chi connectivity index (χ3n) is 3.36. The lowest BCUT2D eigenvalue weighted by Crippen LogP contribution is -2.13. The van der Waals surface area contributed by atoms with E-state index in [0.717, 1.165) is 10.7 Å². The van der Waals surface area contributed by atoms with Gasteiger partial charge in [-0.15, -0.1) is 0 Å². The third kappa shape index (κ3) is 2.74. The summed E-state index contributed by atoms with van der Waals surface area (Å²) in [6.07, 6.45) is 3.93. The molecule has 0 aliphatic carbocycles. The topological polar surface area (TPSA) is 9.23 Å². The molecule has 2 aromatic rings. The number of hydrogen-bond donors (Lipinski definition) is 0. The smallest absolute Gasteiger partial charge is 0.180 e. The molecule has 3 heteroatoms. The van der Waals surface area contributed by atoms with Crippen molar-refractivity contribution < 1.29 is 4.74 Å². The maximum Gasteiger partial charge on any atom is 0.180 e. The summed E-state index contributed by atoms with van der Waals surface area (Å²) in [4.78, 5) is 6.23. The standard InChI is InChI=1S/C19H17OS2/c1-4-7-18-14(2)21-17-8-5-6-9-19(17)22(18)16-12-10-15(20-3)11-13-16/h4-13H,1-2H2,3H3/q+1/b18-7+. The van der Waals surface area contributed by atoms with E-state index in [1.165, 1.54) is 19.6 Å². The van der Waals surface area contributed by atoms with Crippen LogP contribution in [0.4, 0.5) is 0 Å². The molecule has 0 amide bonds. The fourth-order valence-corrected chi connectivity index (χ4v) is 5.95. The van der Waals surface area contributed by atoms with E-state index in [-0.39, 0.29) is 10.9 Å². The number of thioether (sulfide) groups is 1. The maximum absolute atomic E-state index is 5.27. The van der Waals surface area contributed by atoms with Gasteiger partial charge in [-0.3, -0.25) is 0 Å². The quantitative estimate of drug-likeness (QED) is 0.697. The van der Waals surface area contributed by atoms with Gasteiger partial charge in [-0.25, -0.2) is 0 Å². The maximum atomic E-state index is 5.27. The number of benzene rings is 2. The minimum Gasteiger partial charge on any atom is -0.497 e. The first-order chi connectivity index (χ1) is 10.7. The Morgan fingerprint density at radius 1 is 1.09 bits per heavy atom. The summed E-state index contributed by atoms with van der Waals surface area (Å²) in [5.41, 5.74) is 0. The van der Waals surface area contributed by atoms with Crippen molar-refractivity contribution in [2.75, 3.05) is 7.11 Å². The summed E-state index contributed by atoms with van der Waals surface area (Å²) in [7, 11) is 1.54. The normalized spacial score (nSPS) is 18.9. The zero-order valence-electron chi connectivity index (χ0n) is 12.4. The highest BCUT2D eigenvalue weighted by atomic mass is 32.2. The number of fused-ring (bicyclic) bond motifs is 1. The largest absolute Gasteiger partial charge is 0.497 e. The molecule has 1 heterocycles. The molecule has 1 nitrogen and oxygen atoms in total. The van der Waals surface area contributed by atoms with Crippen molar-refractivity contribution in [3.05, 3.63) is 83.7 Å². The van der Waals surface area contributed by atoms with Crippen LogP contribution in [0.15, 0.2) is 98.3 Å². The molecular weight excluding hydrogens is 308 g/mol. The van der Waals surface area contributed by atoms with E-state index >= 15 is 0 Å². The number of allylic oxidation sites excluding steroid dienone is 2. The van der Waals surface area contributed by atoms with E-state index in [4.69, 9.17) is 4.74 Å². The first-order valence-corrected chi connectivity index (χ1v) is 8.96. The molecular formula is C19H17OS2+. The van der Waals surface area contributed by atoms with E-state index in [2.05, 4.69) is 55.6 Å². The van der Waals surface area contributed by atoms with Crippen molar-refractivity contribution in [3.8, 4) is 5.75 Å². The molecule has 1 atom stereocenters. The summed E-state index contributed by atoms with van der Waals surface area (Å²) >= 11 is 1.74. The van der Waals surface area contributed by atoms with Gasteiger partial charge in [0.2, 0.25) is 0 Å². The molecule has 22 heavy (non-hydrogen) atoms. The lowest BCUT2D eigenvalue weighted by molar-refractivity contribution is 0.414. The Bertz CT molecular complexity index is 744. The highest BCUT2D eigenvalue weighted by Gasteiger charge is 2.39. The van der Waals surface area contributed by atoms with Crippen molar-refractivity contribution in [1.29, 1.82) is 0 Å². The zero-order chi connectivity index (χ0) is 15.5. The lowest BCUT2D eigenvalue weighted by Gasteiger charge is -2.20. The second-order valence-corrected chi connectivity index (χ2v) is 7.82. The van der Waals surface area contributed by atoms with Crippen molar-refractivity contribution in [2.24, 2.45) is 0 Å². The number of ether oxygens (including phenoxy) is 1. The Labute approximate surface area is 138 Å². The first-order valence-electron chi connectivity index (χ1n) is 6.92. The molecule has 1 unspecified atom stereocenters. The zero-order valence-corrected chi connectivity index (χ0v) is 14.0. The molecule has 0 radical (unpaired) electrons. The average molecular weight is 325 g/mol. The van der Waals surface area contributed by atoms with Crippen LogP contribution in [-0.4, -0.2) is 7.11 Å². The van der Waals surface area contributed by atoms with Gasteiger partial charge in [0.05, 0.1) is 16.9 Å². The highest BCUT2D eigenvalue weighted by molar-refractivity contribution is 8.09. The van der Waals surface area contributed by atoms with Gasteiger partial charge < -0.3 is 4.74 Å². The SMILES string of the molecule is C=C/C=C1\C(=C)Sc2ccccc2[S+]1c1ccc(OC)cc1. The third-order valence-corrected chi connectivity index (χ3v) is 7.02. The molecule has 0 N–H and O–H groups in total. The number of rotatable bonds is 3. The van der Waals surface area contributed by atoms with Crippen molar-refractivity contribution in [2.45, 2.75) is 14.7 Å². The summed E-state index contributed by atoms with van der Waals surface area (Å²) in [6, 6.07) is 16.9. The first kappa shape index (κ1) is 15.1. The van der Waals surface area contributed by atoms with Gasteiger partial charge in [0.15, 0.2) is 14.7 Å². The molecule has 2 aromatic carbocycles. The van der Waals surface area contributed by atoms with Gasteiger partial charge >= 0.3 is 0 Å². The molecule has 0 saturated heterocycles. The Morgan fingerprint density at radius 3 is 2.50 bits per heavy atom. The average Bonchev–Trinajstić information content (AvgIpc) is 2.56. The Balaban J connectivity index is 2.16. The molecule has 0 spiro atoms.